The summed E-state index contributed by atoms with van der Waals surface area (Å²) in [6.07, 6.45) is 3.89. The van der Waals surface area contributed by atoms with E-state index in [1.165, 1.54) is 6.42 Å². The first-order chi connectivity index (χ1) is 9.25. The maximum Gasteiger partial charge on any atom is 0.343 e. The standard InChI is InChI=1S/C14H18N4O/c15-12(10-5-2-1-3-6-10)9-13-16-17-14(19)18(13)11-7-4-8-11/h1-3,5-6,11-12H,4,7-9,15H2,(H,17,19). The Kier molecular flexibility index (Phi) is 3.21. The molecule has 1 aromatic carbocycles. The van der Waals surface area contributed by atoms with E-state index in [2.05, 4.69) is 10.2 Å². The molecule has 3 N–H and O–H groups in total. The van der Waals surface area contributed by atoms with E-state index in [1.54, 1.807) is 4.57 Å². The molecule has 3 rings (SSSR count). The summed E-state index contributed by atoms with van der Waals surface area (Å²) in [5, 5.41) is 6.67. The molecule has 1 heterocycles. The van der Waals surface area contributed by atoms with Crippen LogP contribution in [0.1, 0.15) is 42.7 Å². The number of H-pyrrole nitrogens is 1. The minimum Gasteiger partial charge on any atom is -0.324 e. The number of benzene rings is 1. The lowest BCUT2D eigenvalue weighted by Gasteiger charge is -2.27. The van der Waals surface area contributed by atoms with Crippen molar-refractivity contribution in [2.45, 2.75) is 37.8 Å². The van der Waals surface area contributed by atoms with Crippen LogP contribution in [-0.2, 0) is 6.42 Å². The number of nitrogens with zero attached hydrogens (tertiary/aromatic N) is 2. The zero-order chi connectivity index (χ0) is 13.2. The van der Waals surface area contributed by atoms with Gasteiger partial charge in [0.05, 0.1) is 0 Å². The maximum atomic E-state index is 11.8. The van der Waals surface area contributed by atoms with Crippen molar-refractivity contribution in [3.63, 3.8) is 0 Å². The Bertz CT molecular complexity index is 597. The minimum atomic E-state index is -0.129. The summed E-state index contributed by atoms with van der Waals surface area (Å²) < 4.78 is 1.78. The summed E-state index contributed by atoms with van der Waals surface area (Å²) >= 11 is 0. The molecule has 1 atom stereocenters. The molecule has 0 amide bonds. The summed E-state index contributed by atoms with van der Waals surface area (Å²) in [5.41, 5.74) is 7.15. The quantitative estimate of drug-likeness (QED) is 0.873. The molecule has 100 valence electrons. The minimum absolute atomic E-state index is 0.111. The zero-order valence-corrected chi connectivity index (χ0v) is 10.7. The summed E-state index contributed by atoms with van der Waals surface area (Å²) in [4.78, 5) is 11.8. The lowest BCUT2D eigenvalue weighted by atomic mass is 9.92. The molecule has 0 aliphatic heterocycles. The first-order valence-corrected chi connectivity index (χ1v) is 6.72. The van der Waals surface area contributed by atoms with Crippen molar-refractivity contribution in [2.75, 3.05) is 0 Å². The van der Waals surface area contributed by atoms with Gasteiger partial charge in [-0.15, -0.1) is 0 Å². The highest BCUT2D eigenvalue weighted by atomic mass is 16.1. The van der Waals surface area contributed by atoms with E-state index < -0.39 is 0 Å². The van der Waals surface area contributed by atoms with Gasteiger partial charge in [0.15, 0.2) is 0 Å². The van der Waals surface area contributed by atoms with Crippen LogP contribution >= 0.6 is 0 Å². The summed E-state index contributed by atoms with van der Waals surface area (Å²) in [6, 6.07) is 10.1. The third-order valence-corrected chi connectivity index (χ3v) is 3.85. The molecule has 1 aliphatic carbocycles. The summed E-state index contributed by atoms with van der Waals surface area (Å²) in [7, 11) is 0. The molecule has 2 aromatic rings. The second-order valence-electron chi connectivity index (χ2n) is 5.12. The van der Waals surface area contributed by atoms with E-state index >= 15 is 0 Å². The zero-order valence-electron chi connectivity index (χ0n) is 10.7. The van der Waals surface area contributed by atoms with Gasteiger partial charge in [0.2, 0.25) is 0 Å². The fraction of sp³-hybridized carbons (Fsp3) is 0.429. The predicted molar refractivity (Wildman–Crippen MR) is 72.8 cm³/mol. The molecular formula is C14H18N4O. The van der Waals surface area contributed by atoms with Crippen LogP contribution in [0.4, 0.5) is 0 Å². The van der Waals surface area contributed by atoms with Crippen molar-refractivity contribution in [3.05, 3.63) is 52.2 Å². The van der Waals surface area contributed by atoms with Crippen LogP contribution in [0, 0.1) is 0 Å². The smallest absolute Gasteiger partial charge is 0.324 e. The van der Waals surface area contributed by atoms with Gasteiger partial charge in [-0.05, 0) is 24.8 Å². The number of rotatable bonds is 4. The van der Waals surface area contributed by atoms with Gasteiger partial charge >= 0.3 is 5.69 Å². The number of aromatic nitrogens is 3. The van der Waals surface area contributed by atoms with Crippen LogP contribution in [0.2, 0.25) is 0 Å². The first-order valence-electron chi connectivity index (χ1n) is 6.72. The van der Waals surface area contributed by atoms with Gasteiger partial charge in [-0.25, -0.2) is 9.89 Å². The number of hydrogen-bond donors (Lipinski definition) is 2. The molecule has 0 radical (unpaired) electrons. The van der Waals surface area contributed by atoms with Gasteiger partial charge in [0, 0.05) is 18.5 Å². The number of nitrogens with two attached hydrogens (primary N) is 1. The Balaban J connectivity index is 1.82. The van der Waals surface area contributed by atoms with E-state index in [1.807, 2.05) is 30.3 Å². The lowest BCUT2D eigenvalue weighted by Crippen LogP contribution is -2.29. The highest BCUT2D eigenvalue weighted by Gasteiger charge is 2.25. The topological polar surface area (TPSA) is 76.7 Å². The fourth-order valence-corrected chi connectivity index (χ4v) is 2.52. The van der Waals surface area contributed by atoms with E-state index in [4.69, 9.17) is 5.73 Å². The molecule has 0 saturated heterocycles. The Morgan fingerprint density at radius 1 is 1.37 bits per heavy atom. The second-order valence-corrected chi connectivity index (χ2v) is 5.12. The monoisotopic (exact) mass is 258 g/mol. The van der Waals surface area contributed by atoms with Gasteiger partial charge in [-0.3, -0.25) is 4.57 Å². The third-order valence-electron chi connectivity index (χ3n) is 3.85. The van der Waals surface area contributed by atoms with Crippen molar-refractivity contribution >= 4 is 0 Å². The molecule has 1 fully saturated rings. The molecule has 5 nitrogen and oxygen atoms in total. The van der Waals surface area contributed by atoms with Crippen LogP contribution in [-0.4, -0.2) is 14.8 Å². The van der Waals surface area contributed by atoms with Crippen LogP contribution in [0.5, 0.6) is 0 Å². The van der Waals surface area contributed by atoms with E-state index in [0.29, 0.717) is 12.5 Å². The Morgan fingerprint density at radius 3 is 2.74 bits per heavy atom. The van der Waals surface area contributed by atoms with Crippen molar-refractivity contribution in [3.8, 4) is 0 Å². The molecule has 0 spiro atoms. The van der Waals surface area contributed by atoms with Crippen molar-refractivity contribution < 1.29 is 0 Å². The van der Waals surface area contributed by atoms with Gasteiger partial charge in [-0.2, -0.15) is 5.10 Å². The van der Waals surface area contributed by atoms with E-state index in [0.717, 1.165) is 24.2 Å². The van der Waals surface area contributed by atoms with Crippen LogP contribution in [0.3, 0.4) is 0 Å². The number of nitrogens with one attached hydrogen (secondary N) is 1. The van der Waals surface area contributed by atoms with Crippen molar-refractivity contribution in [2.24, 2.45) is 5.73 Å². The number of aromatic amines is 1. The van der Waals surface area contributed by atoms with Crippen molar-refractivity contribution in [1.82, 2.24) is 14.8 Å². The average Bonchev–Trinajstić information content (AvgIpc) is 2.71. The Labute approximate surface area is 111 Å². The highest BCUT2D eigenvalue weighted by molar-refractivity contribution is 5.19. The van der Waals surface area contributed by atoms with Crippen molar-refractivity contribution in [1.29, 1.82) is 0 Å². The highest BCUT2D eigenvalue weighted by Crippen LogP contribution is 2.31. The SMILES string of the molecule is NC(Cc1n[nH]c(=O)n1C1CCC1)c1ccccc1. The second kappa shape index (κ2) is 5.01. The van der Waals surface area contributed by atoms with Crippen LogP contribution < -0.4 is 11.4 Å². The molecule has 1 unspecified atom stereocenters. The molecule has 0 bridgehead atoms. The number of hydrogen-bond acceptors (Lipinski definition) is 3. The van der Waals surface area contributed by atoms with Gasteiger partial charge in [0.25, 0.3) is 0 Å². The molecular weight excluding hydrogens is 240 g/mol. The first kappa shape index (κ1) is 12.2. The van der Waals surface area contributed by atoms with E-state index in [9.17, 15) is 4.79 Å². The molecule has 1 aliphatic rings. The predicted octanol–water partition coefficient (Wildman–Crippen LogP) is 1.54. The molecule has 19 heavy (non-hydrogen) atoms. The molecule has 1 saturated carbocycles. The molecule has 5 heteroatoms. The van der Waals surface area contributed by atoms with Gasteiger partial charge in [0.1, 0.15) is 5.82 Å². The van der Waals surface area contributed by atoms with Crippen LogP contribution in [0.25, 0.3) is 0 Å². The lowest BCUT2D eigenvalue weighted by molar-refractivity contribution is 0.298. The van der Waals surface area contributed by atoms with Crippen LogP contribution in [0.15, 0.2) is 35.1 Å². The summed E-state index contributed by atoms with van der Waals surface area (Å²) in [5.74, 6) is 0.769. The van der Waals surface area contributed by atoms with E-state index in [-0.39, 0.29) is 11.7 Å². The maximum absolute atomic E-state index is 11.8. The molecule has 1 aromatic heterocycles. The third kappa shape index (κ3) is 2.33. The largest absolute Gasteiger partial charge is 0.343 e. The normalized spacial score (nSPS) is 17.1. The van der Waals surface area contributed by atoms with Gasteiger partial charge < -0.3 is 5.73 Å². The Morgan fingerprint density at radius 2 is 2.11 bits per heavy atom. The Hall–Kier alpha value is -1.88. The fourth-order valence-electron chi connectivity index (χ4n) is 2.52. The average molecular weight is 258 g/mol. The summed E-state index contributed by atoms with van der Waals surface area (Å²) in [6.45, 7) is 0. The van der Waals surface area contributed by atoms with Gasteiger partial charge in [-0.1, -0.05) is 30.3 Å².